The van der Waals surface area contributed by atoms with Gasteiger partial charge in [-0.15, -0.1) is 11.8 Å². The van der Waals surface area contributed by atoms with Gasteiger partial charge in [-0.25, -0.2) is 0 Å². The summed E-state index contributed by atoms with van der Waals surface area (Å²) < 4.78 is 25.7. The first kappa shape index (κ1) is 26.2. The highest BCUT2D eigenvalue weighted by molar-refractivity contribution is 9.11. The highest BCUT2D eigenvalue weighted by atomic mass is 79.9. The van der Waals surface area contributed by atoms with E-state index in [1.807, 2.05) is 51.1 Å². The van der Waals surface area contributed by atoms with E-state index < -0.39 is 5.41 Å². The fourth-order valence-electron chi connectivity index (χ4n) is 4.28. The number of ether oxygens (including phenoxy) is 2. The third-order valence-electron chi connectivity index (χ3n) is 6.16. The van der Waals surface area contributed by atoms with Gasteiger partial charge in [0.25, 0.3) is 0 Å². The maximum absolute atomic E-state index is 12.5. The maximum atomic E-state index is 12.5. The third kappa shape index (κ3) is 6.69. The molecule has 1 saturated heterocycles. The van der Waals surface area contributed by atoms with Crippen molar-refractivity contribution in [3.8, 4) is 11.5 Å². The van der Waals surface area contributed by atoms with E-state index in [1.54, 1.807) is 11.8 Å². The number of carbonyl (C=O) groups is 1. The largest absolute Gasteiger partial charge is 0.489 e. The summed E-state index contributed by atoms with van der Waals surface area (Å²) >= 11 is 5.61. The molecule has 1 fully saturated rings. The molecule has 0 aliphatic carbocycles. The van der Waals surface area contributed by atoms with Gasteiger partial charge in [-0.3, -0.25) is 14.1 Å². The Bertz CT molecular complexity index is 1100. The number of allylic oxidation sites excluding steroid dienone is 1. The van der Waals surface area contributed by atoms with Gasteiger partial charge in [0.1, 0.15) is 17.6 Å². The van der Waals surface area contributed by atoms with Gasteiger partial charge in [0, 0.05) is 40.3 Å². The Kier molecular flexibility index (Phi) is 8.61. The zero-order valence-corrected chi connectivity index (χ0v) is 23.0. The normalized spacial score (nSPS) is 18.8. The van der Waals surface area contributed by atoms with E-state index in [0.29, 0.717) is 12.2 Å². The Balaban J connectivity index is 1.55. The SMILES string of the molecule is CC(C)(C)C(=O)Oc1ccc2c(c1)SCCC(Br)=C2c1cccc(OC2CCN(CCCF)C2)c1. The molecule has 7 heteroatoms. The van der Waals surface area contributed by atoms with Crippen molar-refractivity contribution in [1.29, 1.82) is 0 Å². The van der Waals surface area contributed by atoms with Crippen molar-refractivity contribution in [3.63, 3.8) is 0 Å². The average Bonchev–Trinajstić information content (AvgIpc) is 3.18. The van der Waals surface area contributed by atoms with E-state index in [0.717, 1.165) is 70.1 Å². The summed E-state index contributed by atoms with van der Waals surface area (Å²) in [5, 5.41) is 0. The van der Waals surface area contributed by atoms with Crippen molar-refractivity contribution in [2.45, 2.75) is 51.0 Å². The minimum atomic E-state index is -0.557. The molecule has 1 atom stereocenters. The lowest BCUT2D eigenvalue weighted by atomic mass is 9.96. The van der Waals surface area contributed by atoms with Crippen molar-refractivity contribution in [2.24, 2.45) is 5.41 Å². The predicted octanol–water partition coefficient (Wildman–Crippen LogP) is 7.10. The summed E-state index contributed by atoms with van der Waals surface area (Å²) in [5.41, 5.74) is 2.79. The number of alkyl halides is 1. The van der Waals surface area contributed by atoms with E-state index in [2.05, 4.69) is 33.0 Å². The van der Waals surface area contributed by atoms with Gasteiger partial charge in [-0.1, -0.05) is 28.1 Å². The Morgan fingerprint density at radius 3 is 2.80 bits per heavy atom. The molecule has 188 valence electrons. The molecule has 0 N–H and O–H groups in total. The van der Waals surface area contributed by atoms with Crippen LogP contribution in [0.15, 0.2) is 51.8 Å². The summed E-state index contributed by atoms with van der Waals surface area (Å²) in [6.07, 6.45) is 2.57. The minimum absolute atomic E-state index is 0.124. The van der Waals surface area contributed by atoms with Crippen molar-refractivity contribution in [3.05, 3.63) is 58.1 Å². The van der Waals surface area contributed by atoms with Crippen LogP contribution >= 0.6 is 27.7 Å². The summed E-state index contributed by atoms with van der Waals surface area (Å²) in [5.74, 6) is 2.11. The molecule has 0 amide bonds. The first-order valence-corrected chi connectivity index (χ1v) is 14.0. The van der Waals surface area contributed by atoms with Crippen molar-refractivity contribution in [1.82, 2.24) is 4.90 Å². The number of halogens is 2. The number of fused-ring (bicyclic) bond motifs is 1. The summed E-state index contributed by atoms with van der Waals surface area (Å²) in [6.45, 7) is 7.88. The molecule has 0 aromatic heterocycles. The average molecular weight is 563 g/mol. The Morgan fingerprint density at radius 1 is 1.20 bits per heavy atom. The van der Waals surface area contributed by atoms with Crippen LogP contribution in [-0.4, -0.2) is 49.0 Å². The fraction of sp³-hybridized carbons (Fsp3) is 0.464. The van der Waals surface area contributed by atoms with Gasteiger partial charge in [0.2, 0.25) is 0 Å². The molecule has 4 nitrogen and oxygen atoms in total. The van der Waals surface area contributed by atoms with Crippen LogP contribution in [-0.2, 0) is 4.79 Å². The zero-order valence-electron chi connectivity index (χ0n) is 20.6. The summed E-state index contributed by atoms with van der Waals surface area (Å²) in [4.78, 5) is 15.8. The van der Waals surface area contributed by atoms with Crippen LogP contribution in [0.1, 0.15) is 51.2 Å². The molecule has 2 heterocycles. The molecule has 2 aromatic carbocycles. The number of carbonyl (C=O) groups excluding carboxylic acids is 1. The van der Waals surface area contributed by atoms with Crippen molar-refractivity contribution in [2.75, 3.05) is 32.1 Å². The van der Waals surface area contributed by atoms with Crippen molar-refractivity contribution >= 4 is 39.2 Å². The molecule has 1 unspecified atom stereocenters. The Labute approximate surface area is 220 Å². The fourth-order valence-corrected chi connectivity index (χ4v) is 6.24. The van der Waals surface area contributed by atoms with Gasteiger partial charge in [-0.2, -0.15) is 0 Å². The lowest BCUT2D eigenvalue weighted by molar-refractivity contribution is -0.143. The quantitative estimate of drug-likeness (QED) is 0.266. The van der Waals surface area contributed by atoms with E-state index in [1.165, 1.54) is 0 Å². The maximum Gasteiger partial charge on any atom is 0.316 e. The molecule has 2 aliphatic heterocycles. The molecule has 2 aromatic rings. The first-order valence-electron chi connectivity index (χ1n) is 12.2. The summed E-state index contributed by atoms with van der Waals surface area (Å²) in [6, 6.07) is 14.1. The van der Waals surface area contributed by atoms with Crippen LogP contribution in [0, 0.1) is 5.41 Å². The van der Waals surface area contributed by atoms with Gasteiger partial charge in [-0.05, 0) is 81.5 Å². The summed E-state index contributed by atoms with van der Waals surface area (Å²) in [7, 11) is 0. The smallest absolute Gasteiger partial charge is 0.316 e. The number of thioether (sulfide) groups is 1. The topological polar surface area (TPSA) is 38.8 Å². The lowest BCUT2D eigenvalue weighted by Crippen LogP contribution is -2.26. The Hall–Kier alpha value is -1.83. The van der Waals surface area contributed by atoms with E-state index in [4.69, 9.17) is 9.47 Å². The number of benzene rings is 2. The monoisotopic (exact) mass is 561 g/mol. The van der Waals surface area contributed by atoms with Crippen LogP contribution in [0.3, 0.4) is 0 Å². The van der Waals surface area contributed by atoms with Gasteiger partial charge in [0.05, 0.1) is 12.1 Å². The number of esters is 1. The second kappa shape index (κ2) is 11.5. The van der Waals surface area contributed by atoms with Crippen molar-refractivity contribution < 1.29 is 18.7 Å². The predicted molar refractivity (Wildman–Crippen MR) is 144 cm³/mol. The molecule has 2 aliphatic rings. The number of nitrogens with zero attached hydrogens (tertiary/aromatic N) is 1. The standard InChI is InChI=1S/C28H33BrFNO3S/c1-28(2,3)27(32)34-21-8-9-23-25(17-21)35-15-11-24(29)26(23)19-6-4-7-20(16-19)33-22-10-14-31(18-22)13-5-12-30/h4,6-9,16-17,22H,5,10-15,18H2,1-3H3. The highest BCUT2D eigenvalue weighted by Crippen LogP contribution is 2.43. The molecular formula is C28H33BrFNO3S. The van der Waals surface area contributed by atoms with Crippen LogP contribution in [0.5, 0.6) is 11.5 Å². The second-order valence-electron chi connectivity index (χ2n) is 10.1. The molecule has 0 spiro atoms. The van der Waals surface area contributed by atoms with Gasteiger partial charge < -0.3 is 9.47 Å². The minimum Gasteiger partial charge on any atom is -0.489 e. The number of rotatable bonds is 7. The number of likely N-dealkylation sites (tertiary alicyclic amines) is 1. The highest BCUT2D eigenvalue weighted by Gasteiger charge is 2.26. The molecule has 0 radical (unpaired) electrons. The van der Waals surface area contributed by atoms with Crippen LogP contribution in [0.2, 0.25) is 0 Å². The first-order chi connectivity index (χ1) is 16.7. The van der Waals surface area contributed by atoms with Crippen LogP contribution in [0.25, 0.3) is 5.57 Å². The Morgan fingerprint density at radius 2 is 2.03 bits per heavy atom. The molecule has 0 bridgehead atoms. The molecule has 0 saturated carbocycles. The molecule has 4 rings (SSSR count). The van der Waals surface area contributed by atoms with E-state index >= 15 is 0 Å². The number of hydrogen-bond acceptors (Lipinski definition) is 5. The zero-order chi connectivity index (χ0) is 25.0. The van der Waals surface area contributed by atoms with Gasteiger partial charge in [0.15, 0.2) is 0 Å². The molecule has 35 heavy (non-hydrogen) atoms. The van der Waals surface area contributed by atoms with Crippen LogP contribution in [0.4, 0.5) is 4.39 Å². The number of hydrogen-bond donors (Lipinski definition) is 0. The van der Waals surface area contributed by atoms with E-state index in [9.17, 15) is 9.18 Å². The molecular weight excluding hydrogens is 529 g/mol. The van der Waals surface area contributed by atoms with Crippen LogP contribution < -0.4 is 9.47 Å². The second-order valence-corrected chi connectivity index (χ2v) is 12.2. The lowest BCUT2D eigenvalue weighted by Gasteiger charge is -2.19. The van der Waals surface area contributed by atoms with E-state index in [-0.39, 0.29) is 18.7 Å². The van der Waals surface area contributed by atoms with Gasteiger partial charge >= 0.3 is 5.97 Å². The third-order valence-corrected chi connectivity index (χ3v) is 8.01.